The van der Waals surface area contributed by atoms with Crippen molar-refractivity contribution in [2.75, 3.05) is 13.1 Å². The van der Waals surface area contributed by atoms with Crippen LogP contribution < -0.4 is 5.32 Å². The first-order chi connectivity index (χ1) is 8.28. The standard InChI is InChI=1S/C12H15N3O2/c1-12(3-5-13-6-4-12)11-14-10(15-17-11)9-2-7-16-8-9/h2,7-8,13H,3-6H2,1H3. The molecule has 0 amide bonds. The predicted molar refractivity (Wildman–Crippen MR) is 61.5 cm³/mol. The lowest BCUT2D eigenvalue weighted by atomic mass is 9.81. The van der Waals surface area contributed by atoms with Crippen molar-refractivity contribution in [1.29, 1.82) is 0 Å². The van der Waals surface area contributed by atoms with E-state index >= 15 is 0 Å². The lowest BCUT2D eigenvalue weighted by Crippen LogP contribution is -2.37. The molecule has 90 valence electrons. The number of rotatable bonds is 2. The van der Waals surface area contributed by atoms with Crippen molar-refractivity contribution in [3.8, 4) is 11.4 Å². The molecule has 1 saturated heterocycles. The molecule has 0 aromatic carbocycles. The highest BCUT2D eigenvalue weighted by atomic mass is 16.5. The average molecular weight is 233 g/mol. The Bertz CT molecular complexity index is 484. The third kappa shape index (κ3) is 1.86. The van der Waals surface area contributed by atoms with E-state index in [1.165, 1.54) is 0 Å². The number of nitrogens with one attached hydrogen (secondary N) is 1. The molecule has 1 fully saturated rings. The van der Waals surface area contributed by atoms with E-state index in [0.29, 0.717) is 5.82 Å². The second-order valence-corrected chi connectivity index (χ2v) is 4.75. The van der Waals surface area contributed by atoms with E-state index in [-0.39, 0.29) is 5.41 Å². The molecule has 2 aromatic rings. The third-order valence-corrected chi connectivity index (χ3v) is 3.43. The van der Waals surface area contributed by atoms with Crippen LogP contribution in [-0.4, -0.2) is 23.2 Å². The van der Waals surface area contributed by atoms with Crippen LogP contribution in [0.3, 0.4) is 0 Å². The zero-order chi connectivity index (χ0) is 11.7. The smallest absolute Gasteiger partial charge is 0.232 e. The van der Waals surface area contributed by atoms with Crippen LogP contribution in [-0.2, 0) is 5.41 Å². The van der Waals surface area contributed by atoms with Crippen LogP contribution in [0, 0.1) is 0 Å². The van der Waals surface area contributed by atoms with Crippen molar-refractivity contribution in [2.24, 2.45) is 0 Å². The monoisotopic (exact) mass is 233 g/mol. The van der Waals surface area contributed by atoms with Gasteiger partial charge in [-0.3, -0.25) is 0 Å². The van der Waals surface area contributed by atoms with E-state index in [0.717, 1.165) is 37.4 Å². The van der Waals surface area contributed by atoms with Crippen LogP contribution in [0.2, 0.25) is 0 Å². The summed E-state index contributed by atoms with van der Waals surface area (Å²) in [7, 11) is 0. The molecule has 0 radical (unpaired) electrons. The zero-order valence-electron chi connectivity index (χ0n) is 9.77. The Morgan fingerprint density at radius 3 is 2.88 bits per heavy atom. The fraction of sp³-hybridized carbons (Fsp3) is 0.500. The van der Waals surface area contributed by atoms with Gasteiger partial charge in [-0.2, -0.15) is 4.98 Å². The topological polar surface area (TPSA) is 64.1 Å². The summed E-state index contributed by atoms with van der Waals surface area (Å²) >= 11 is 0. The van der Waals surface area contributed by atoms with Crippen LogP contribution in [0.25, 0.3) is 11.4 Å². The summed E-state index contributed by atoms with van der Waals surface area (Å²) in [6.07, 6.45) is 5.29. The molecule has 3 heterocycles. The minimum absolute atomic E-state index is 0.000234. The van der Waals surface area contributed by atoms with E-state index in [2.05, 4.69) is 22.4 Å². The molecule has 0 unspecified atom stereocenters. The Kier molecular flexibility index (Phi) is 2.48. The van der Waals surface area contributed by atoms with Crippen LogP contribution in [0.15, 0.2) is 27.5 Å². The molecular formula is C12H15N3O2. The van der Waals surface area contributed by atoms with E-state index in [9.17, 15) is 0 Å². The molecule has 1 N–H and O–H groups in total. The molecule has 1 aliphatic rings. The molecule has 0 atom stereocenters. The van der Waals surface area contributed by atoms with Gasteiger partial charge >= 0.3 is 0 Å². The second kappa shape index (κ2) is 4.00. The van der Waals surface area contributed by atoms with Gasteiger partial charge in [-0.1, -0.05) is 12.1 Å². The molecule has 3 rings (SSSR count). The quantitative estimate of drug-likeness (QED) is 0.859. The summed E-state index contributed by atoms with van der Waals surface area (Å²) in [5.74, 6) is 1.34. The lowest BCUT2D eigenvalue weighted by molar-refractivity contribution is 0.241. The Morgan fingerprint density at radius 2 is 2.18 bits per heavy atom. The maximum absolute atomic E-state index is 5.40. The SMILES string of the molecule is CC1(c2nc(-c3ccoc3)no2)CCNCC1. The first kappa shape index (κ1) is 10.5. The summed E-state index contributed by atoms with van der Waals surface area (Å²) in [6.45, 7) is 4.18. The number of aromatic nitrogens is 2. The van der Waals surface area contributed by atoms with Crippen molar-refractivity contribution in [3.05, 3.63) is 24.5 Å². The van der Waals surface area contributed by atoms with Crippen LogP contribution in [0.1, 0.15) is 25.7 Å². The van der Waals surface area contributed by atoms with Gasteiger partial charge < -0.3 is 14.3 Å². The van der Waals surface area contributed by atoms with Crippen molar-refractivity contribution in [2.45, 2.75) is 25.2 Å². The van der Waals surface area contributed by atoms with Crippen LogP contribution >= 0.6 is 0 Å². The van der Waals surface area contributed by atoms with E-state index < -0.39 is 0 Å². The minimum atomic E-state index is 0.000234. The number of piperidine rings is 1. The Labute approximate surface area is 99.2 Å². The van der Waals surface area contributed by atoms with Crippen LogP contribution in [0.4, 0.5) is 0 Å². The van der Waals surface area contributed by atoms with Gasteiger partial charge in [0.1, 0.15) is 6.26 Å². The molecule has 5 heteroatoms. The molecule has 0 bridgehead atoms. The normalized spacial score (nSPS) is 19.4. The number of furan rings is 1. The van der Waals surface area contributed by atoms with Gasteiger partial charge in [0.2, 0.25) is 11.7 Å². The number of nitrogens with zero attached hydrogens (tertiary/aromatic N) is 2. The zero-order valence-corrected chi connectivity index (χ0v) is 9.77. The van der Waals surface area contributed by atoms with Gasteiger partial charge in [-0.05, 0) is 32.0 Å². The van der Waals surface area contributed by atoms with Gasteiger partial charge in [0.25, 0.3) is 0 Å². The summed E-state index contributed by atoms with van der Waals surface area (Å²) in [6, 6.07) is 1.83. The summed E-state index contributed by atoms with van der Waals surface area (Å²) < 4.78 is 10.4. The number of hydrogen-bond acceptors (Lipinski definition) is 5. The molecule has 17 heavy (non-hydrogen) atoms. The van der Waals surface area contributed by atoms with Crippen molar-refractivity contribution < 1.29 is 8.94 Å². The maximum Gasteiger partial charge on any atom is 0.232 e. The summed E-state index contributed by atoms with van der Waals surface area (Å²) in [4.78, 5) is 4.48. The van der Waals surface area contributed by atoms with Gasteiger partial charge in [0.05, 0.1) is 11.8 Å². The number of hydrogen-bond donors (Lipinski definition) is 1. The highest BCUT2D eigenvalue weighted by Gasteiger charge is 2.34. The Hall–Kier alpha value is -1.62. The molecule has 1 aliphatic heterocycles. The first-order valence-electron chi connectivity index (χ1n) is 5.85. The summed E-state index contributed by atoms with van der Waals surface area (Å²) in [5, 5.41) is 7.35. The fourth-order valence-corrected chi connectivity index (χ4v) is 2.17. The molecule has 0 saturated carbocycles. The molecule has 2 aromatic heterocycles. The minimum Gasteiger partial charge on any atom is -0.472 e. The maximum atomic E-state index is 5.40. The van der Waals surface area contributed by atoms with Gasteiger partial charge in [0.15, 0.2) is 0 Å². The van der Waals surface area contributed by atoms with Gasteiger partial charge in [-0.15, -0.1) is 0 Å². The molecular weight excluding hydrogens is 218 g/mol. The van der Waals surface area contributed by atoms with Gasteiger partial charge in [0, 0.05) is 5.41 Å². The predicted octanol–water partition coefficient (Wildman–Crippen LogP) is 1.97. The van der Waals surface area contributed by atoms with Gasteiger partial charge in [-0.25, -0.2) is 0 Å². The van der Waals surface area contributed by atoms with E-state index in [1.807, 2.05) is 6.07 Å². The summed E-state index contributed by atoms with van der Waals surface area (Å²) in [5.41, 5.74) is 0.859. The molecule has 0 aliphatic carbocycles. The first-order valence-corrected chi connectivity index (χ1v) is 5.85. The lowest BCUT2D eigenvalue weighted by Gasteiger charge is -2.30. The van der Waals surface area contributed by atoms with E-state index in [4.69, 9.17) is 8.94 Å². The highest BCUT2D eigenvalue weighted by molar-refractivity contribution is 5.51. The third-order valence-electron chi connectivity index (χ3n) is 3.43. The van der Waals surface area contributed by atoms with Crippen molar-refractivity contribution >= 4 is 0 Å². The molecule has 5 nitrogen and oxygen atoms in total. The average Bonchev–Trinajstić information content (AvgIpc) is 3.01. The molecule has 0 spiro atoms. The fourth-order valence-electron chi connectivity index (χ4n) is 2.17. The van der Waals surface area contributed by atoms with Crippen molar-refractivity contribution in [3.63, 3.8) is 0 Å². The Balaban J connectivity index is 1.89. The van der Waals surface area contributed by atoms with Crippen LogP contribution in [0.5, 0.6) is 0 Å². The second-order valence-electron chi connectivity index (χ2n) is 4.75. The highest BCUT2D eigenvalue weighted by Crippen LogP contribution is 2.32. The Morgan fingerprint density at radius 1 is 1.35 bits per heavy atom. The van der Waals surface area contributed by atoms with E-state index in [1.54, 1.807) is 12.5 Å². The largest absolute Gasteiger partial charge is 0.472 e. The van der Waals surface area contributed by atoms with Crippen molar-refractivity contribution in [1.82, 2.24) is 15.5 Å².